The van der Waals surface area contributed by atoms with Crippen molar-refractivity contribution in [1.29, 1.82) is 0 Å². The molecule has 0 fully saturated rings. The zero-order chi connectivity index (χ0) is 17.4. The van der Waals surface area contributed by atoms with Crippen LogP contribution in [-0.4, -0.2) is 44.2 Å². The van der Waals surface area contributed by atoms with E-state index in [0.717, 1.165) is 0 Å². The molecular formula is C17H19N3O4. The molecule has 7 heteroatoms. The van der Waals surface area contributed by atoms with E-state index in [0.29, 0.717) is 30.2 Å². The fourth-order valence-electron chi connectivity index (χ4n) is 1.96. The normalized spacial score (nSPS) is 10.1. The summed E-state index contributed by atoms with van der Waals surface area (Å²) in [6, 6.07) is 10.00. The van der Waals surface area contributed by atoms with Gasteiger partial charge in [0.1, 0.15) is 11.4 Å². The minimum atomic E-state index is -0.358. The van der Waals surface area contributed by atoms with Crippen LogP contribution < -0.4 is 15.4 Å². The maximum absolute atomic E-state index is 12.3. The summed E-state index contributed by atoms with van der Waals surface area (Å²) in [7, 11) is 3.10. The predicted molar refractivity (Wildman–Crippen MR) is 89.4 cm³/mol. The molecule has 0 unspecified atom stereocenters. The quantitative estimate of drug-likeness (QED) is 0.755. The molecule has 2 aromatic rings. The number of carbonyl (C=O) groups excluding carboxylic acids is 2. The van der Waals surface area contributed by atoms with Crippen LogP contribution in [-0.2, 0) is 4.74 Å². The monoisotopic (exact) mass is 329 g/mol. The average molecular weight is 329 g/mol. The Morgan fingerprint density at radius 3 is 2.71 bits per heavy atom. The van der Waals surface area contributed by atoms with Gasteiger partial charge in [-0.15, -0.1) is 0 Å². The smallest absolute Gasteiger partial charge is 0.269 e. The SMILES string of the molecule is COCCNC(=O)c1cc(C(=O)Nc2cccc(OC)c2)ccn1. The second kappa shape index (κ2) is 8.64. The average Bonchev–Trinajstić information content (AvgIpc) is 2.62. The molecule has 0 radical (unpaired) electrons. The largest absolute Gasteiger partial charge is 0.497 e. The van der Waals surface area contributed by atoms with Crippen LogP contribution >= 0.6 is 0 Å². The van der Waals surface area contributed by atoms with Gasteiger partial charge in [0, 0.05) is 37.2 Å². The number of aromatic nitrogens is 1. The number of nitrogens with zero attached hydrogens (tertiary/aromatic N) is 1. The summed E-state index contributed by atoms with van der Waals surface area (Å²) < 4.78 is 9.98. The van der Waals surface area contributed by atoms with E-state index in [4.69, 9.17) is 9.47 Å². The molecule has 0 saturated carbocycles. The van der Waals surface area contributed by atoms with Crippen molar-refractivity contribution >= 4 is 17.5 Å². The number of methoxy groups -OCH3 is 2. The highest BCUT2D eigenvalue weighted by Crippen LogP contribution is 2.17. The highest BCUT2D eigenvalue weighted by atomic mass is 16.5. The van der Waals surface area contributed by atoms with Crippen molar-refractivity contribution in [2.75, 3.05) is 32.7 Å². The lowest BCUT2D eigenvalue weighted by Crippen LogP contribution is -2.28. The molecule has 0 saturated heterocycles. The van der Waals surface area contributed by atoms with E-state index in [1.807, 2.05) is 0 Å². The third-order valence-electron chi connectivity index (χ3n) is 3.17. The van der Waals surface area contributed by atoms with Gasteiger partial charge < -0.3 is 20.1 Å². The molecule has 2 amide bonds. The van der Waals surface area contributed by atoms with Crippen LogP contribution in [0.1, 0.15) is 20.8 Å². The maximum Gasteiger partial charge on any atom is 0.269 e. The number of nitrogens with one attached hydrogen (secondary N) is 2. The Balaban J connectivity index is 2.06. The minimum absolute atomic E-state index is 0.171. The lowest BCUT2D eigenvalue weighted by Gasteiger charge is -2.08. The third kappa shape index (κ3) is 4.79. The second-order valence-electron chi connectivity index (χ2n) is 4.86. The summed E-state index contributed by atoms with van der Waals surface area (Å²) in [6.45, 7) is 0.777. The molecule has 0 aliphatic rings. The van der Waals surface area contributed by atoms with Crippen LogP contribution in [0.5, 0.6) is 5.75 Å². The number of hydrogen-bond acceptors (Lipinski definition) is 5. The number of hydrogen-bond donors (Lipinski definition) is 2. The number of pyridine rings is 1. The number of benzene rings is 1. The third-order valence-corrected chi connectivity index (χ3v) is 3.17. The van der Waals surface area contributed by atoms with Crippen molar-refractivity contribution in [2.24, 2.45) is 0 Å². The van der Waals surface area contributed by atoms with E-state index >= 15 is 0 Å². The molecule has 2 rings (SSSR count). The molecule has 0 atom stereocenters. The zero-order valence-electron chi connectivity index (χ0n) is 13.5. The van der Waals surface area contributed by atoms with E-state index in [2.05, 4.69) is 15.6 Å². The summed E-state index contributed by atoms with van der Waals surface area (Å²) in [5, 5.41) is 5.41. The summed E-state index contributed by atoms with van der Waals surface area (Å²) in [6.07, 6.45) is 1.42. The molecule has 1 heterocycles. The molecule has 1 aromatic heterocycles. The molecule has 126 valence electrons. The van der Waals surface area contributed by atoms with Gasteiger partial charge in [-0.25, -0.2) is 0 Å². The van der Waals surface area contributed by atoms with Crippen molar-refractivity contribution in [2.45, 2.75) is 0 Å². The first-order valence-electron chi connectivity index (χ1n) is 7.32. The Kier molecular flexibility index (Phi) is 6.27. The fourth-order valence-corrected chi connectivity index (χ4v) is 1.96. The molecule has 0 aliphatic heterocycles. The van der Waals surface area contributed by atoms with Crippen molar-refractivity contribution in [3.63, 3.8) is 0 Å². The van der Waals surface area contributed by atoms with E-state index in [9.17, 15) is 9.59 Å². The summed E-state index contributed by atoms with van der Waals surface area (Å²) in [5.74, 6) is -0.0552. The van der Waals surface area contributed by atoms with Crippen LogP contribution in [0.3, 0.4) is 0 Å². The molecule has 1 aromatic carbocycles. The molecule has 2 N–H and O–H groups in total. The van der Waals surface area contributed by atoms with Crippen molar-refractivity contribution in [1.82, 2.24) is 10.3 Å². The standard InChI is InChI=1S/C17H19N3O4/c1-23-9-8-19-17(22)15-10-12(6-7-18-15)16(21)20-13-4-3-5-14(11-13)24-2/h3-7,10-11H,8-9H2,1-2H3,(H,19,22)(H,20,21). The van der Waals surface area contributed by atoms with E-state index in [-0.39, 0.29) is 17.5 Å². The number of carbonyl (C=O) groups is 2. The maximum atomic E-state index is 12.3. The van der Waals surface area contributed by atoms with Gasteiger partial charge in [0.05, 0.1) is 13.7 Å². The molecule has 24 heavy (non-hydrogen) atoms. The Morgan fingerprint density at radius 1 is 1.12 bits per heavy atom. The highest BCUT2D eigenvalue weighted by Gasteiger charge is 2.12. The highest BCUT2D eigenvalue weighted by molar-refractivity contribution is 6.05. The van der Waals surface area contributed by atoms with Gasteiger partial charge in [-0.1, -0.05) is 6.07 Å². The van der Waals surface area contributed by atoms with Gasteiger partial charge in [0.2, 0.25) is 0 Å². The Bertz CT molecular complexity index is 718. The zero-order valence-corrected chi connectivity index (χ0v) is 13.5. The first-order valence-corrected chi connectivity index (χ1v) is 7.32. The fraction of sp³-hybridized carbons (Fsp3) is 0.235. The van der Waals surface area contributed by atoms with Crippen LogP contribution in [0.4, 0.5) is 5.69 Å². The Morgan fingerprint density at radius 2 is 1.96 bits per heavy atom. The number of anilines is 1. The predicted octanol–water partition coefficient (Wildman–Crippen LogP) is 1.72. The van der Waals surface area contributed by atoms with Crippen molar-refractivity contribution in [3.8, 4) is 5.75 Å². The van der Waals surface area contributed by atoms with Gasteiger partial charge in [0.25, 0.3) is 11.8 Å². The van der Waals surface area contributed by atoms with E-state index in [1.54, 1.807) is 44.6 Å². The molecular weight excluding hydrogens is 310 g/mol. The number of amides is 2. The van der Waals surface area contributed by atoms with Crippen LogP contribution in [0, 0.1) is 0 Å². The summed E-state index contributed by atoms with van der Waals surface area (Å²) >= 11 is 0. The van der Waals surface area contributed by atoms with E-state index < -0.39 is 0 Å². The molecule has 0 spiro atoms. The Hall–Kier alpha value is -2.93. The number of ether oxygens (including phenoxy) is 2. The molecule has 7 nitrogen and oxygen atoms in total. The molecule has 0 aliphatic carbocycles. The first kappa shape index (κ1) is 17.4. The van der Waals surface area contributed by atoms with Crippen LogP contribution in [0.25, 0.3) is 0 Å². The van der Waals surface area contributed by atoms with Crippen molar-refractivity contribution in [3.05, 3.63) is 53.9 Å². The van der Waals surface area contributed by atoms with Crippen LogP contribution in [0.15, 0.2) is 42.6 Å². The number of rotatable bonds is 7. The summed E-state index contributed by atoms with van der Waals surface area (Å²) in [5.41, 5.74) is 1.11. The summed E-state index contributed by atoms with van der Waals surface area (Å²) in [4.78, 5) is 28.3. The van der Waals surface area contributed by atoms with Gasteiger partial charge in [-0.2, -0.15) is 0 Å². The lowest BCUT2D eigenvalue weighted by molar-refractivity contribution is 0.0932. The van der Waals surface area contributed by atoms with Gasteiger partial charge >= 0.3 is 0 Å². The lowest BCUT2D eigenvalue weighted by atomic mass is 10.2. The first-order chi connectivity index (χ1) is 11.6. The van der Waals surface area contributed by atoms with Crippen molar-refractivity contribution < 1.29 is 19.1 Å². The van der Waals surface area contributed by atoms with Gasteiger partial charge in [-0.05, 0) is 24.3 Å². The minimum Gasteiger partial charge on any atom is -0.497 e. The molecule has 0 bridgehead atoms. The van der Waals surface area contributed by atoms with Crippen LogP contribution in [0.2, 0.25) is 0 Å². The van der Waals surface area contributed by atoms with Gasteiger partial charge in [0.15, 0.2) is 0 Å². The van der Waals surface area contributed by atoms with E-state index in [1.165, 1.54) is 12.3 Å². The van der Waals surface area contributed by atoms with Gasteiger partial charge in [-0.3, -0.25) is 14.6 Å². The Labute approximate surface area is 140 Å². The topological polar surface area (TPSA) is 89.5 Å². The second-order valence-corrected chi connectivity index (χ2v) is 4.86.